The third-order valence-corrected chi connectivity index (χ3v) is 4.06. The minimum atomic E-state index is -0.157. The van der Waals surface area contributed by atoms with Gasteiger partial charge in [-0.25, -0.2) is 0 Å². The summed E-state index contributed by atoms with van der Waals surface area (Å²) in [6.45, 7) is 2.69. The Morgan fingerprint density at radius 2 is 1.88 bits per heavy atom. The van der Waals surface area contributed by atoms with E-state index >= 15 is 0 Å². The first kappa shape index (κ1) is 19.0. The van der Waals surface area contributed by atoms with Gasteiger partial charge in [-0.3, -0.25) is 4.79 Å². The monoisotopic (exact) mass is 377 g/mol. The Balaban J connectivity index is 1.94. The third-order valence-electron chi connectivity index (χ3n) is 3.45. The van der Waals surface area contributed by atoms with E-state index in [0.717, 1.165) is 5.69 Å². The number of rotatable bonds is 6. The third kappa shape index (κ3) is 5.92. The van der Waals surface area contributed by atoms with Gasteiger partial charge in [0.2, 0.25) is 5.91 Å². The minimum absolute atomic E-state index is 0.146. The summed E-state index contributed by atoms with van der Waals surface area (Å²) >= 11 is 11.3. The van der Waals surface area contributed by atoms with Gasteiger partial charge in [-0.15, -0.1) is 0 Å². The summed E-state index contributed by atoms with van der Waals surface area (Å²) < 4.78 is 5.15. The van der Waals surface area contributed by atoms with E-state index in [9.17, 15) is 4.79 Å². The molecule has 1 amide bonds. The lowest BCUT2D eigenvalue weighted by Crippen LogP contribution is -2.40. The SMILES string of the molecule is CCN(CC(=O)Nc1cccc(OC)c1)C(=S)Nc1ccc(Cl)cc1. The number of carbonyl (C=O) groups excluding carboxylic acids is 1. The summed E-state index contributed by atoms with van der Waals surface area (Å²) in [6, 6.07) is 14.4. The number of amides is 1. The number of nitrogens with zero attached hydrogens (tertiary/aromatic N) is 1. The fraction of sp³-hybridized carbons (Fsp3) is 0.222. The van der Waals surface area contributed by atoms with Crippen LogP contribution < -0.4 is 15.4 Å². The first-order valence-corrected chi connectivity index (χ1v) is 8.56. The van der Waals surface area contributed by atoms with E-state index in [1.165, 1.54) is 0 Å². The van der Waals surface area contributed by atoms with E-state index < -0.39 is 0 Å². The van der Waals surface area contributed by atoms with Gasteiger partial charge in [0.15, 0.2) is 5.11 Å². The highest BCUT2D eigenvalue weighted by Crippen LogP contribution is 2.17. The lowest BCUT2D eigenvalue weighted by Gasteiger charge is -2.24. The van der Waals surface area contributed by atoms with E-state index in [1.807, 2.05) is 31.2 Å². The Hall–Kier alpha value is -2.31. The number of methoxy groups -OCH3 is 1. The molecular weight excluding hydrogens is 358 g/mol. The van der Waals surface area contributed by atoms with Crippen molar-refractivity contribution in [1.29, 1.82) is 0 Å². The molecule has 2 N–H and O–H groups in total. The Morgan fingerprint density at radius 3 is 2.52 bits per heavy atom. The number of nitrogens with one attached hydrogen (secondary N) is 2. The molecule has 2 rings (SSSR count). The summed E-state index contributed by atoms with van der Waals surface area (Å²) in [5, 5.41) is 7.08. The maximum atomic E-state index is 12.3. The van der Waals surface area contributed by atoms with Gasteiger partial charge in [-0.1, -0.05) is 17.7 Å². The Morgan fingerprint density at radius 1 is 1.16 bits per heavy atom. The highest BCUT2D eigenvalue weighted by atomic mass is 35.5. The molecule has 0 bridgehead atoms. The maximum Gasteiger partial charge on any atom is 0.243 e. The van der Waals surface area contributed by atoms with Gasteiger partial charge in [0, 0.05) is 29.0 Å². The molecule has 0 fully saturated rings. The zero-order valence-corrected chi connectivity index (χ0v) is 15.7. The van der Waals surface area contributed by atoms with Crippen molar-refractivity contribution < 1.29 is 9.53 Å². The van der Waals surface area contributed by atoms with Crippen LogP contribution in [0.5, 0.6) is 5.75 Å². The molecular formula is C18H20ClN3O2S. The lowest BCUT2D eigenvalue weighted by molar-refractivity contribution is -0.116. The van der Waals surface area contributed by atoms with Crippen LogP contribution >= 0.6 is 23.8 Å². The standard InChI is InChI=1S/C18H20ClN3O2S/c1-3-22(18(25)21-14-9-7-13(19)8-10-14)12-17(23)20-15-5-4-6-16(11-15)24-2/h4-11H,3,12H2,1-2H3,(H,20,23)(H,21,25). The van der Waals surface area contributed by atoms with Crippen molar-refractivity contribution in [2.45, 2.75) is 6.92 Å². The van der Waals surface area contributed by atoms with Crippen molar-refractivity contribution in [2.24, 2.45) is 0 Å². The second-order valence-electron chi connectivity index (χ2n) is 5.23. The number of anilines is 2. The lowest BCUT2D eigenvalue weighted by atomic mass is 10.3. The number of hydrogen-bond donors (Lipinski definition) is 2. The van der Waals surface area contributed by atoms with E-state index in [1.54, 1.807) is 36.3 Å². The first-order chi connectivity index (χ1) is 12.0. The van der Waals surface area contributed by atoms with Crippen LogP contribution in [-0.4, -0.2) is 36.1 Å². The van der Waals surface area contributed by atoms with Crippen LogP contribution in [0.1, 0.15) is 6.92 Å². The number of hydrogen-bond acceptors (Lipinski definition) is 3. The van der Waals surface area contributed by atoms with Gasteiger partial charge in [-0.2, -0.15) is 0 Å². The topological polar surface area (TPSA) is 53.6 Å². The molecule has 0 spiro atoms. The van der Waals surface area contributed by atoms with Gasteiger partial charge in [0.1, 0.15) is 5.75 Å². The maximum absolute atomic E-state index is 12.3. The number of benzene rings is 2. The summed E-state index contributed by atoms with van der Waals surface area (Å²) in [5.74, 6) is 0.528. The Labute approximate surface area is 157 Å². The van der Waals surface area contributed by atoms with Gasteiger partial charge < -0.3 is 20.3 Å². The zero-order valence-electron chi connectivity index (χ0n) is 14.1. The van der Waals surface area contributed by atoms with Gasteiger partial charge in [-0.05, 0) is 55.5 Å². The fourth-order valence-corrected chi connectivity index (χ4v) is 2.58. The van der Waals surface area contributed by atoms with Crippen LogP contribution in [0.2, 0.25) is 5.02 Å². The van der Waals surface area contributed by atoms with Crippen molar-refractivity contribution in [3.8, 4) is 5.75 Å². The molecule has 0 aliphatic rings. The highest BCUT2D eigenvalue weighted by Gasteiger charge is 2.13. The van der Waals surface area contributed by atoms with Crippen LogP contribution in [0.3, 0.4) is 0 Å². The van der Waals surface area contributed by atoms with Crippen LogP contribution in [0, 0.1) is 0 Å². The predicted octanol–water partition coefficient (Wildman–Crippen LogP) is 4.01. The van der Waals surface area contributed by atoms with Crippen molar-refractivity contribution in [1.82, 2.24) is 4.90 Å². The molecule has 0 unspecified atom stereocenters. The molecule has 25 heavy (non-hydrogen) atoms. The summed E-state index contributed by atoms with van der Waals surface area (Å²) in [5.41, 5.74) is 1.50. The number of thiocarbonyl (C=S) groups is 1. The van der Waals surface area contributed by atoms with Gasteiger partial charge in [0.05, 0.1) is 13.7 Å². The number of carbonyl (C=O) groups is 1. The van der Waals surface area contributed by atoms with E-state index in [0.29, 0.717) is 28.1 Å². The van der Waals surface area contributed by atoms with Crippen molar-refractivity contribution in [3.63, 3.8) is 0 Å². The number of likely N-dealkylation sites (N-methyl/N-ethyl adjacent to an activating group) is 1. The fourth-order valence-electron chi connectivity index (χ4n) is 2.14. The average molecular weight is 378 g/mol. The average Bonchev–Trinajstić information content (AvgIpc) is 2.61. The molecule has 0 saturated heterocycles. The molecule has 2 aromatic rings. The van der Waals surface area contributed by atoms with Crippen molar-refractivity contribution in [2.75, 3.05) is 30.8 Å². The van der Waals surface area contributed by atoms with Crippen LogP contribution in [-0.2, 0) is 4.79 Å². The molecule has 2 aromatic carbocycles. The first-order valence-electron chi connectivity index (χ1n) is 7.77. The molecule has 0 heterocycles. The van der Waals surface area contributed by atoms with Gasteiger partial charge >= 0.3 is 0 Å². The predicted molar refractivity (Wildman–Crippen MR) is 107 cm³/mol. The number of halogens is 1. The molecule has 0 saturated carbocycles. The summed E-state index contributed by atoms with van der Waals surface area (Å²) in [7, 11) is 1.58. The Kier molecular flexibility index (Phi) is 7.03. The zero-order chi connectivity index (χ0) is 18.2. The summed E-state index contributed by atoms with van der Waals surface area (Å²) in [4.78, 5) is 14.1. The van der Waals surface area contributed by atoms with Crippen molar-refractivity contribution in [3.05, 3.63) is 53.6 Å². The minimum Gasteiger partial charge on any atom is -0.497 e. The molecule has 132 valence electrons. The van der Waals surface area contributed by atoms with E-state index in [-0.39, 0.29) is 12.5 Å². The molecule has 0 aromatic heterocycles. The smallest absolute Gasteiger partial charge is 0.243 e. The molecule has 0 atom stereocenters. The van der Waals surface area contributed by atoms with Crippen molar-refractivity contribution >= 4 is 46.2 Å². The molecule has 5 nitrogen and oxygen atoms in total. The number of ether oxygens (including phenoxy) is 1. The van der Waals surface area contributed by atoms with Crippen LogP contribution in [0.15, 0.2) is 48.5 Å². The summed E-state index contributed by atoms with van der Waals surface area (Å²) in [6.07, 6.45) is 0. The van der Waals surface area contributed by atoms with Crippen LogP contribution in [0.25, 0.3) is 0 Å². The normalized spacial score (nSPS) is 10.0. The molecule has 0 radical (unpaired) electrons. The second-order valence-corrected chi connectivity index (χ2v) is 6.05. The van der Waals surface area contributed by atoms with E-state index in [2.05, 4.69) is 10.6 Å². The van der Waals surface area contributed by atoms with E-state index in [4.69, 9.17) is 28.6 Å². The largest absolute Gasteiger partial charge is 0.497 e. The second kappa shape index (κ2) is 9.25. The quantitative estimate of drug-likeness (QED) is 0.745. The molecule has 0 aliphatic heterocycles. The van der Waals surface area contributed by atoms with Crippen LogP contribution in [0.4, 0.5) is 11.4 Å². The van der Waals surface area contributed by atoms with Gasteiger partial charge in [0.25, 0.3) is 0 Å². The molecule has 0 aliphatic carbocycles. The molecule has 7 heteroatoms. The highest BCUT2D eigenvalue weighted by molar-refractivity contribution is 7.80. The Bertz CT molecular complexity index is 737.